The van der Waals surface area contributed by atoms with Crippen molar-refractivity contribution in [2.24, 2.45) is 11.7 Å². The third-order valence-electron chi connectivity index (χ3n) is 1.67. The van der Waals surface area contributed by atoms with Crippen molar-refractivity contribution in [3.63, 3.8) is 0 Å². The fraction of sp³-hybridized carbons (Fsp3) is 0.714. The van der Waals surface area contributed by atoms with Gasteiger partial charge in [-0.15, -0.1) is 6.58 Å². The lowest BCUT2D eigenvalue weighted by molar-refractivity contribution is 0.603. The average Bonchev–Trinajstić information content (AvgIpc) is 2.45. The molecule has 0 unspecified atom stereocenters. The molecule has 0 aromatic heterocycles. The van der Waals surface area contributed by atoms with E-state index in [1.807, 2.05) is 6.08 Å². The van der Waals surface area contributed by atoms with E-state index in [2.05, 4.69) is 6.58 Å². The summed E-state index contributed by atoms with van der Waals surface area (Å²) in [5.41, 5.74) is 5.72. The molecule has 1 heteroatoms. The van der Waals surface area contributed by atoms with Crippen molar-refractivity contribution in [3.05, 3.63) is 12.7 Å². The third-order valence-corrected chi connectivity index (χ3v) is 1.67. The molecule has 1 aliphatic rings. The first kappa shape index (κ1) is 5.83. The zero-order chi connectivity index (χ0) is 5.98. The Labute approximate surface area is 50.6 Å². The van der Waals surface area contributed by atoms with Gasteiger partial charge in [0.05, 0.1) is 0 Å². The fourth-order valence-electron chi connectivity index (χ4n) is 0.909. The zero-order valence-corrected chi connectivity index (χ0v) is 5.14. The number of hydrogen-bond donors (Lipinski definition) is 1. The number of hydrogen-bond acceptors (Lipinski definition) is 1. The van der Waals surface area contributed by atoms with Gasteiger partial charge < -0.3 is 5.73 Å². The van der Waals surface area contributed by atoms with Crippen LogP contribution in [0.2, 0.25) is 0 Å². The maximum absolute atomic E-state index is 5.72. The zero-order valence-electron chi connectivity index (χ0n) is 5.14. The third kappa shape index (κ3) is 1.34. The van der Waals surface area contributed by atoms with Gasteiger partial charge >= 0.3 is 0 Å². The van der Waals surface area contributed by atoms with E-state index in [4.69, 9.17) is 5.73 Å². The van der Waals surface area contributed by atoms with Crippen LogP contribution in [0, 0.1) is 5.92 Å². The predicted octanol–water partition coefficient (Wildman–Crippen LogP) is 1.30. The summed E-state index contributed by atoms with van der Waals surface area (Å²) >= 11 is 0. The molecule has 0 aliphatic heterocycles. The molecule has 2 N–H and O–H groups in total. The Balaban J connectivity index is 2.12. The van der Waals surface area contributed by atoms with Gasteiger partial charge in [-0.2, -0.15) is 0 Å². The Bertz CT molecular complexity index is 84.4. The molecule has 8 heavy (non-hydrogen) atoms. The van der Waals surface area contributed by atoms with Crippen LogP contribution in [0.3, 0.4) is 0 Å². The molecule has 1 saturated carbocycles. The van der Waals surface area contributed by atoms with E-state index in [0.717, 1.165) is 12.3 Å². The minimum atomic E-state index is 0.410. The first-order chi connectivity index (χ1) is 3.84. The van der Waals surface area contributed by atoms with Crippen LogP contribution in [0.1, 0.15) is 19.3 Å². The molecule has 0 aromatic carbocycles. The molecule has 1 nitrogen and oxygen atoms in total. The summed E-state index contributed by atoms with van der Waals surface area (Å²) in [6.07, 6.45) is 5.58. The summed E-state index contributed by atoms with van der Waals surface area (Å²) in [6.45, 7) is 3.63. The maximum atomic E-state index is 5.72. The first-order valence-corrected chi connectivity index (χ1v) is 3.21. The average molecular weight is 111 g/mol. The second-order valence-corrected chi connectivity index (χ2v) is 2.53. The molecule has 1 fully saturated rings. The highest BCUT2D eigenvalue weighted by Gasteiger charge is 2.26. The monoisotopic (exact) mass is 111 g/mol. The maximum Gasteiger partial charge on any atom is 0.0102 e. The minimum Gasteiger partial charge on any atom is -0.327 e. The van der Waals surface area contributed by atoms with Crippen molar-refractivity contribution in [2.45, 2.75) is 25.3 Å². The molecule has 0 saturated heterocycles. The molecule has 0 spiro atoms. The van der Waals surface area contributed by atoms with Crippen LogP contribution in [-0.2, 0) is 0 Å². The van der Waals surface area contributed by atoms with Crippen LogP contribution >= 0.6 is 0 Å². The standard InChI is InChI=1S/C7H13N/c1-2-3-7(8)6-4-5-6/h2,6-7H,1,3-5,8H2/t7-/m1/s1. The summed E-state index contributed by atoms with van der Waals surface area (Å²) in [5.74, 6) is 0.827. The van der Waals surface area contributed by atoms with E-state index in [1.54, 1.807) is 0 Å². The van der Waals surface area contributed by atoms with Gasteiger partial charge in [0.1, 0.15) is 0 Å². The van der Waals surface area contributed by atoms with E-state index < -0.39 is 0 Å². The molecule has 1 rings (SSSR count). The summed E-state index contributed by atoms with van der Waals surface area (Å²) in [4.78, 5) is 0. The van der Waals surface area contributed by atoms with Gasteiger partial charge in [0.2, 0.25) is 0 Å². The van der Waals surface area contributed by atoms with E-state index in [9.17, 15) is 0 Å². The Hall–Kier alpha value is -0.300. The fourth-order valence-corrected chi connectivity index (χ4v) is 0.909. The lowest BCUT2D eigenvalue weighted by atomic mass is 10.1. The lowest BCUT2D eigenvalue weighted by Crippen LogP contribution is -2.20. The quantitative estimate of drug-likeness (QED) is 0.546. The molecule has 1 aliphatic carbocycles. The molecular weight excluding hydrogens is 98.1 g/mol. The van der Waals surface area contributed by atoms with Gasteiger partial charge in [0.25, 0.3) is 0 Å². The highest BCUT2D eigenvalue weighted by Crippen LogP contribution is 2.32. The second kappa shape index (κ2) is 2.31. The largest absolute Gasteiger partial charge is 0.327 e. The van der Waals surface area contributed by atoms with E-state index in [0.29, 0.717) is 6.04 Å². The van der Waals surface area contributed by atoms with Gasteiger partial charge in [0.15, 0.2) is 0 Å². The smallest absolute Gasteiger partial charge is 0.0102 e. The van der Waals surface area contributed by atoms with E-state index in [1.165, 1.54) is 12.8 Å². The number of nitrogens with two attached hydrogens (primary N) is 1. The summed E-state index contributed by atoms with van der Waals surface area (Å²) in [5, 5.41) is 0. The van der Waals surface area contributed by atoms with Crippen molar-refractivity contribution in [1.29, 1.82) is 0 Å². The van der Waals surface area contributed by atoms with Crippen LogP contribution in [0.15, 0.2) is 12.7 Å². The Morgan fingerprint density at radius 2 is 2.38 bits per heavy atom. The molecule has 0 heterocycles. The molecule has 0 radical (unpaired) electrons. The molecule has 1 atom stereocenters. The molecule has 0 bridgehead atoms. The summed E-state index contributed by atoms with van der Waals surface area (Å²) in [7, 11) is 0. The minimum absolute atomic E-state index is 0.410. The highest BCUT2D eigenvalue weighted by atomic mass is 14.7. The van der Waals surface area contributed by atoms with Crippen LogP contribution in [-0.4, -0.2) is 6.04 Å². The van der Waals surface area contributed by atoms with Crippen molar-refractivity contribution in [1.82, 2.24) is 0 Å². The first-order valence-electron chi connectivity index (χ1n) is 3.21. The Morgan fingerprint density at radius 3 is 2.75 bits per heavy atom. The van der Waals surface area contributed by atoms with Gasteiger partial charge in [-0.05, 0) is 25.2 Å². The molecule has 46 valence electrons. The molecule has 0 amide bonds. The van der Waals surface area contributed by atoms with Gasteiger partial charge in [-0.25, -0.2) is 0 Å². The van der Waals surface area contributed by atoms with E-state index >= 15 is 0 Å². The van der Waals surface area contributed by atoms with Crippen molar-refractivity contribution in [3.8, 4) is 0 Å². The van der Waals surface area contributed by atoms with Crippen LogP contribution in [0.25, 0.3) is 0 Å². The molecular formula is C7H13N. The predicted molar refractivity (Wildman–Crippen MR) is 35.5 cm³/mol. The van der Waals surface area contributed by atoms with Crippen molar-refractivity contribution < 1.29 is 0 Å². The van der Waals surface area contributed by atoms with Gasteiger partial charge in [0, 0.05) is 6.04 Å². The van der Waals surface area contributed by atoms with E-state index in [-0.39, 0.29) is 0 Å². The second-order valence-electron chi connectivity index (χ2n) is 2.53. The van der Waals surface area contributed by atoms with Gasteiger partial charge in [-0.1, -0.05) is 6.08 Å². The molecule has 0 aromatic rings. The van der Waals surface area contributed by atoms with Crippen molar-refractivity contribution in [2.75, 3.05) is 0 Å². The van der Waals surface area contributed by atoms with Crippen LogP contribution in [0.4, 0.5) is 0 Å². The lowest BCUT2D eigenvalue weighted by Gasteiger charge is -2.03. The number of rotatable bonds is 3. The topological polar surface area (TPSA) is 26.0 Å². The van der Waals surface area contributed by atoms with Crippen LogP contribution in [0.5, 0.6) is 0 Å². The highest BCUT2D eigenvalue weighted by molar-refractivity contribution is 4.88. The Kier molecular flexibility index (Phi) is 1.69. The van der Waals surface area contributed by atoms with Gasteiger partial charge in [-0.3, -0.25) is 0 Å². The van der Waals surface area contributed by atoms with Crippen LogP contribution < -0.4 is 5.73 Å². The normalized spacial score (nSPS) is 22.6. The SMILES string of the molecule is C=CC[C@@H](N)C1CC1. The summed E-state index contributed by atoms with van der Waals surface area (Å²) in [6, 6.07) is 0.410. The Morgan fingerprint density at radius 1 is 1.75 bits per heavy atom. The van der Waals surface area contributed by atoms with Crippen molar-refractivity contribution >= 4 is 0 Å². The summed E-state index contributed by atoms with van der Waals surface area (Å²) < 4.78 is 0.